The predicted molar refractivity (Wildman–Crippen MR) is 112 cm³/mol. The van der Waals surface area contributed by atoms with Crippen molar-refractivity contribution in [3.05, 3.63) is 88.2 Å². The lowest BCUT2D eigenvalue weighted by molar-refractivity contribution is -0.136. The lowest BCUT2D eigenvalue weighted by Gasteiger charge is -2.22. The van der Waals surface area contributed by atoms with Gasteiger partial charge in [0.15, 0.2) is 4.80 Å². The van der Waals surface area contributed by atoms with E-state index in [1.165, 1.54) is 29.8 Å². The number of ether oxygens (including phenoxy) is 1. The minimum atomic E-state index is -0.551. The Morgan fingerprint density at radius 3 is 2.82 bits per heavy atom. The van der Waals surface area contributed by atoms with Crippen molar-refractivity contribution in [1.82, 2.24) is 4.57 Å². The third-order valence-corrected chi connectivity index (χ3v) is 6.53. The molecular formula is C20H15ClN2O3S2. The van der Waals surface area contributed by atoms with Gasteiger partial charge in [0.1, 0.15) is 6.04 Å². The summed E-state index contributed by atoms with van der Waals surface area (Å²) in [6.07, 6.45) is 1.79. The summed E-state index contributed by atoms with van der Waals surface area (Å²) in [6.45, 7) is 1.76. The number of methoxy groups -OCH3 is 1. The monoisotopic (exact) mass is 430 g/mol. The molecule has 28 heavy (non-hydrogen) atoms. The van der Waals surface area contributed by atoms with E-state index in [1.807, 2.05) is 29.6 Å². The second-order valence-corrected chi connectivity index (χ2v) is 8.57. The number of carbonyl (C=O) groups excluding carboxylic acids is 1. The van der Waals surface area contributed by atoms with Gasteiger partial charge in [0.05, 0.1) is 22.9 Å². The van der Waals surface area contributed by atoms with Gasteiger partial charge in [0.25, 0.3) is 5.56 Å². The van der Waals surface area contributed by atoms with E-state index in [1.54, 1.807) is 29.7 Å². The zero-order chi connectivity index (χ0) is 19.8. The Morgan fingerprint density at radius 1 is 1.32 bits per heavy atom. The third-order valence-electron chi connectivity index (χ3n) is 4.39. The SMILES string of the molecule is COC(=O)C1=C(C)N=c2s/c(=C/c3cccc(Cl)c3)c(=O)n2[C@H]1c1cccs1. The average molecular weight is 431 g/mol. The maximum Gasteiger partial charge on any atom is 0.338 e. The Bertz CT molecular complexity index is 1270. The molecule has 0 radical (unpaired) electrons. The smallest absolute Gasteiger partial charge is 0.338 e. The highest BCUT2D eigenvalue weighted by Crippen LogP contribution is 2.32. The number of allylic oxidation sites excluding steroid dienone is 1. The van der Waals surface area contributed by atoms with Crippen LogP contribution in [-0.2, 0) is 9.53 Å². The highest BCUT2D eigenvalue weighted by molar-refractivity contribution is 7.10. The summed E-state index contributed by atoms with van der Waals surface area (Å²) >= 11 is 8.83. The first-order chi connectivity index (χ1) is 13.5. The van der Waals surface area contributed by atoms with Gasteiger partial charge in [-0.15, -0.1) is 11.3 Å². The normalized spacial score (nSPS) is 16.7. The fourth-order valence-electron chi connectivity index (χ4n) is 3.16. The minimum Gasteiger partial charge on any atom is -0.466 e. The standard InChI is InChI=1S/C20H15ClN2O3S2/c1-11-16(19(25)26-2)17(14-7-4-8-27-14)23-18(24)15(28-20(23)22-11)10-12-5-3-6-13(21)9-12/h3-10,17H,1-2H3/b15-10+/t17-/m0/s1. The van der Waals surface area contributed by atoms with E-state index in [2.05, 4.69) is 4.99 Å². The first-order valence-electron chi connectivity index (χ1n) is 8.39. The van der Waals surface area contributed by atoms with E-state index >= 15 is 0 Å². The van der Waals surface area contributed by atoms with Crippen LogP contribution in [0.5, 0.6) is 0 Å². The van der Waals surface area contributed by atoms with Crippen LogP contribution < -0.4 is 14.9 Å². The lowest BCUT2D eigenvalue weighted by Crippen LogP contribution is -2.39. The van der Waals surface area contributed by atoms with E-state index in [-0.39, 0.29) is 5.56 Å². The van der Waals surface area contributed by atoms with Gasteiger partial charge in [0, 0.05) is 9.90 Å². The van der Waals surface area contributed by atoms with Gasteiger partial charge in [-0.05, 0) is 42.1 Å². The number of rotatable bonds is 3. The number of carbonyl (C=O) groups is 1. The molecule has 0 aliphatic carbocycles. The van der Waals surface area contributed by atoms with Crippen LogP contribution in [0, 0.1) is 0 Å². The molecule has 0 amide bonds. The van der Waals surface area contributed by atoms with Crippen LogP contribution in [0.4, 0.5) is 0 Å². The number of fused-ring (bicyclic) bond motifs is 1. The number of hydrogen-bond donors (Lipinski definition) is 0. The van der Waals surface area contributed by atoms with Crippen LogP contribution in [0.3, 0.4) is 0 Å². The lowest BCUT2D eigenvalue weighted by atomic mass is 10.0. The number of thiazole rings is 1. The third kappa shape index (κ3) is 3.26. The van der Waals surface area contributed by atoms with E-state index < -0.39 is 12.0 Å². The van der Waals surface area contributed by atoms with Gasteiger partial charge in [0.2, 0.25) is 0 Å². The van der Waals surface area contributed by atoms with E-state index in [9.17, 15) is 9.59 Å². The summed E-state index contributed by atoms with van der Waals surface area (Å²) in [7, 11) is 1.33. The molecule has 2 aromatic heterocycles. The van der Waals surface area contributed by atoms with Crippen LogP contribution in [-0.4, -0.2) is 17.6 Å². The number of thiophene rings is 1. The number of hydrogen-bond acceptors (Lipinski definition) is 6. The summed E-state index contributed by atoms with van der Waals surface area (Å²) < 4.78 is 7.08. The van der Waals surface area contributed by atoms with Crippen molar-refractivity contribution < 1.29 is 9.53 Å². The summed E-state index contributed by atoms with van der Waals surface area (Å²) in [5.41, 5.74) is 1.57. The molecule has 0 saturated carbocycles. The van der Waals surface area contributed by atoms with Gasteiger partial charge >= 0.3 is 5.97 Å². The molecule has 3 heterocycles. The molecule has 0 saturated heterocycles. The number of esters is 1. The van der Waals surface area contributed by atoms with Crippen molar-refractivity contribution in [1.29, 1.82) is 0 Å². The first kappa shape index (κ1) is 18.9. The quantitative estimate of drug-likeness (QED) is 0.600. The summed E-state index contributed by atoms with van der Waals surface area (Å²) in [5, 5.41) is 2.52. The average Bonchev–Trinajstić information content (AvgIpc) is 3.29. The highest BCUT2D eigenvalue weighted by Gasteiger charge is 2.33. The topological polar surface area (TPSA) is 60.7 Å². The van der Waals surface area contributed by atoms with Crippen molar-refractivity contribution in [3.8, 4) is 0 Å². The maximum absolute atomic E-state index is 13.3. The van der Waals surface area contributed by atoms with Crippen LogP contribution in [0.15, 0.2) is 62.8 Å². The van der Waals surface area contributed by atoms with Crippen LogP contribution in [0.25, 0.3) is 6.08 Å². The van der Waals surface area contributed by atoms with Gasteiger partial charge < -0.3 is 4.74 Å². The van der Waals surface area contributed by atoms with Crippen molar-refractivity contribution in [3.63, 3.8) is 0 Å². The molecule has 0 fully saturated rings. The van der Waals surface area contributed by atoms with E-state index in [0.717, 1.165) is 10.4 Å². The molecule has 0 bridgehead atoms. The number of aromatic nitrogens is 1. The summed E-state index contributed by atoms with van der Waals surface area (Å²) in [6, 6.07) is 10.5. The Labute approximate surface area is 173 Å². The van der Waals surface area contributed by atoms with E-state index in [0.29, 0.717) is 25.6 Å². The molecule has 8 heteroatoms. The van der Waals surface area contributed by atoms with Crippen LogP contribution in [0.1, 0.15) is 23.4 Å². The molecule has 1 aliphatic heterocycles. The molecule has 142 valence electrons. The number of halogens is 1. The predicted octanol–water partition coefficient (Wildman–Crippen LogP) is 3.12. The molecule has 4 rings (SSSR count). The molecule has 1 atom stereocenters. The Kier molecular flexibility index (Phi) is 5.05. The van der Waals surface area contributed by atoms with Gasteiger partial charge in [-0.3, -0.25) is 9.36 Å². The molecule has 5 nitrogen and oxygen atoms in total. The molecule has 0 unspecified atom stereocenters. The fourth-order valence-corrected chi connectivity index (χ4v) is 5.23. The minimum absolute atomic E-state index is 0.198. The van der Waals surface area contributed by atoms with Crippen molar-refractivity contribution in [2.45, 2.75) is 13.0 Å². The second kappa shape index (κ2) is 7.50. The van der Waals surface area contributed by atoms with E-state index in [4.69, 9.17) is 16.3 Å². The van der Waals surface area contributed by atoms with Crippen molar-refractivity contribution in [2.75, 3.05) is 7.11 Å². The molecule has 0 N–H and O–H groups in total. The zero-order valence-electron chi connectivity index (χ0n) is 15.0. The van der Waals surface area contributed by atoms with Crippen LogP contribution in [0.2, 0.25) is 5.02 Å². The maximum atomic E-state index is 13.3. The molecule has 1 aliphatic rings. The zero-order valence-corrected chi connectivity index (χ0v) is 17.4. The molecule has 3 aromatic rings. The Hall–Kier alpha value is -2.48. The number of benzene rings is 1. The highest BCUT2D eigenvalue weighted by atomic mass is 35.5. The fraction of sp³-hybridized carbons (Fsp3) is 0.150. The largest absolute Gasteiger partial charge is 0.466 e. The first-order valence-corrected chi connectivity index (χ1v) is 10.5. The second-order valence-electron chi connectivity index (χ2n) is 6.14. The summed E-state index contributed by atoms with van der Waals surface area (Å²) in [5.74, 6) is -0.483. The number of nitrogens with zero attached hydrogens (tertiary/aromatic N) is 2. The Morgan fingerprint density at radius 2 is 2.14 bits per heavy atom. The Balaban J connectivity index is 1.97. The summed E-state index contributed by atoms with van der Waals surface area (Å²) in [4.78, 5) is 31.7. The van der Waals surface area contributed by atoms with Crippen LogP contribution >= 0.6 is 34.3 Å². The van der Waals surface area contributed by atoms with Gasteiger partial charge in [-0.2, -0.15) is 0 Å². The van der Waals surface area contributed by atoms with Gasteiger partial charge in [-0.25, -0.2) is 9.79 Å². The molecular weight excluding hydrogens is 416 g/mol. The molecule has 1 aromatic carbocycles. The van der Waals surface area contributed by atoms with Crippen molar-refractivity contribution >= 4 is 46.3 Å². The van der Waals surface area contributed by atoms with Gasteiger partial charge in [-0.1, -0.05) is 41.1 Å². The molecule has 0 spiro atoms. The van der Waals surface area contributed by atoms with Crippen molar-refractivity contribution in [2.24, 2.45) is 4.99 Å².